The highest BCUT2D eigenvalue weighted by Crippen LogP contribution is 2.34. The highest BCUT2D eigenvalue weighted by atomic mass is 32.2. The zero-order valence-corrected chi connectivity index (χ0v) is 12.4. The number of rotatable bonds is 2. The quantitative estimate of drug-likeness (QED) is 0.698. The third-order valence-electron chi connectivity index (χ3n) is 3.17. The first kappa shape index (κ1) is 13.0. The first-order valence-corrected chi connectivity index (χ1v) is 7.35. The number of hydrogen-bond donors (Lipinski definition) is 1. The monoisotopic (exact) mass is 280 g/mol. The molecule has 0 radical (unpaired) electrons. The lowest BCUT2D eigenvalue weighted by atomic mass is 10.2. The van der Waals surface area contributed by atoms with E-state index in [0.717, 1.165) is 22.3 Å². The van der Waals surface area contributed by atoms with Crippen molar-refractivity contribution in [2.45, 2.75) is 23.6 Å². The summed E-state index contributed by atoms with van der Waals surface area (Å²) in [6, 6.07) is 16.6. The van der Waals surface area contributed by atoms with E-state index in [2.05, 4.69) is 42.2 Å². The van der Waals surface area contributed by atoms with E-state index in [0.29, 0.717) is 0 Å². The van der Waals surface area contributed by atoms with Crippen LogP contribution in [0.1, 0.15) is 11.3 Å². The number of nitrogens with zero attached hydrogens (tertiary/aromatic N) is 1. The molecule has 2 nitrogen and oxygen atoms in total. The van der Waals surface area contributed by atoms with Crippen molar-refractivity contribution < 1.29 is 0 Å². The largest absolute Gasteiger partial charge is 0.399 e. The molecule has 0 aliphatic rings. The molecule has 0 spiro atoms. The summed E-state index contributed by atoms with van der Waals surface area (Å²) in [5.74, 6) is 0. The molecule has 0 bridgehead atoms. The SMILES string of the molecule is Cc1ccc(Sc2cc(C)nc3ccc(N)cc23)cc1. The van der Waals surface area contributed by atoms with Gasteiger partial charge in [0.25, 0.3) is 0 Å². The lowest BCUT2D eigenvalue weighted by Crippen LogP contribution is -1.90. The van der Waals surface area contributed by atoms with Crippen LogP contribution in [0.4, 0.5) is 5.69 Å². The molecule has 0 aliphatic heterocycles. The molecule has 20 heavy (non-hydrogen) atoms. The topological polar surface area (TPSA) is 38.9 Å². The van der Waals surface area contributed by atoms with Gasteiger partial charge in [-0.2, -0.15) is 0 Å². The van der Waals surface area contributed by atoms with Crippen LogP contribution in [0.15, 0.2) is 58.3 Å². The Morgan fingerprint density at radius 1 is 0.950 bits per heavy atom. The van der Waals surface area contributed by atoms with Gasteiger partial charge < -0.3 is 5.73 Å². The third kappa shape index (κ3) is 2.63. The second-order valence-corrected chi connectivity index (χ2v) is 6.07. The summed E-state index contributed by atoms with van der Waals surface area (Å²) in [4.78, 5) is 6.99. The van der Waals surface area contributed by atoms with Crippen LogP contribution in [0.2, 0.25) is 0 Å². The summed E-state index contributed by atoms with van der Waals surface area (Å²) in [5, 5.41) is 1.11. The zero-order chi connectivity index (χ0) is 14.1. The Morgan fingerprint density at radius 3 is 2.45 bits per heavy atom. The summed E-state index contributed by atoms with van der Waals surface area (Å²) in [5.41, 5.74) is 9.97. The molecule has 0 aliphatic carbocycles. The van der Waals surface area contributed by atoms with E-state index in [-0.39, 0.29) is 0 Å². The maximum Gasteiger partial charge on any atom is 0.0718 e. The van der Waals surface area contributed by atoms with Gasteiger partial charge in [-0.15, -0.1) is 0 Å². The molecular formula is C17H16N2S. The molecule has 2 aromatic carbocycles. The van der Waals surface area contributed by atoms with Gasteiger partial charge in [0.15, 0.2) is 0 Å². The fourth-order valence-corrected chi connectivity index (χ4v) is 3.19. The minimum absolute atomic E-state index is 0.772. The van der Waals surface area contributed by atoms with E-state index >= 15 is 0 Å². The molecule has 2 N–H and O–H groups in total. The van der Waals surface area contributed by atoms with Gasteiger partial charge in [0, 0.05) is 26.6 Å². The number of hydrogen-bond acceptors (Lipinski definition) is 3. The van der Waals surface area contributed by atoms with E-state index < -0.39 is 0 Å². The molecule has 1 heterocycles. The molecule has 0 saturated heterocycles. The van der Waals surface area contributed by atoms with Crippen molar-refractivity contribution in [2.24, 2.45) is 0 Å². The number of nitrogens with two attached hydrogens (primary N) is 1. The summed E-state index contributed by atoms with van der Waals surface area (Å²) in [6.45, 7) is 4.12. The van der Waals surface area contributed by atoms with Crippen molar-refractivity contribution in [1.29, 1.82) is 0 Å². The Morgan fingerprint density at radius 2 is 1.70 bits per heavy atom. The number of nitrogen functional groups attached to an aromatic ring is 1. The lowest BCUT2D eigenvalue weighted by molar-refractivity contribution is 1.22. The smallest absolute Gasteiger partial charge is 0.0718 e. The van der Waals surface area contributed by atoms with Crippen LogP contribution < -0.4 is 5.73 Å². The van der Waals surface area contributed by atoms with Crippen LogP contribution in [-0.2, 0) is 0 Å². The van der Waals surface area contributed by atoms with Gasteiger partial charge in [-0.3, -0.25) is 4.98 Å². The maximum atomic E-state index is 5.91. The summed E-state index contributed by atoms with van der Waals surface area (Å²) >= 11 is 1.75. The van der Waals surface area contributed by atoms with Crippen LogP contribution in [0, 0.1) is 13.8 Å². The number of aromatic nitrogens is 1. The lowest BCUT2D eigenvalue weighted by Gasteiger charge is -2.08. The number of benzene rings is 2. The normalized spacial score (nSPS) is 10.9. The van der Waals surface area contributed by atoms with Crippen LogP contribution >= 0.6 is 11.8 Å². The summed E-state index contributed by atoms with van der Waals surface area (Å²) in [7, 11) is 0. The average Bonchev–Trinajstić information content (AvgIpc) is 2.42. The van der Waals surface area contributed by atoms with Crippen LogP contribution in [0.3, 0.4) is 0 Å². The van der Waals surface area contributed by atoms with Crippen LogP contribution in [-0.4, -0.2) is 4.98 Å². The Hall–Kier alpha value is -2.00. The van der Waals surface area contributed by atoms with Gasteiger partial charge in [0.1, 0.15) is 0 Å². The minimum atomic E-state index is 0.772. The molecule has 3 aromatic rings. The maximum absolute atomic E-state index is 5.91. The molecule has 0 amide bonds. The Balaban J connectivity index is 2.10. The molecule has 0 fully saturated rings. The van der Waals surface area contributed by atoms with Gasteiger partial charge >= 0.3 is 0 Å². The van der Waals surface area contributed by atoms with Gasteiger partial charge in [-0.25, -0.2) is 0 Å². The molecule has 0 unspecified atom stereocenters. The van der Waals surface area contributed by atoms with E-state index in [1.54, 1.807) is 11.8 Å². The second kappa shape index (κ2) is 5.17. The van der Waals surface area contributed by atoms with Gasteiger partial charge in [0.05, 0.1) is 5.52 Å². The van der Waals surface area contributed by atoms with Crippen molar-refractivity contribution >= 4 is 28.4 Å². The number of aryl methyl sites for hydroxylation is 2. The van der Waals surface area contributed by atoms with Gasteiger partial charge in [-0.1, -0.05) is 29.5 Å². The average molecular weight is 280 g/mol. The number of fused-ring (bicyclic) bond motifs is 1. The van der Waals surface area contributed by atoms with Crippen molar-refractivity contribution in [2.75, 3.05) is 5.73 Å². The van der Waals surface area contributed by atoms with E-state index in [1.807, 2.05) is 25.1 Å². The van der Waals surface area contributed by atoms with E-state index in [4.69, 9.17) is 5.73 Å². The van der Waals surface area contributed by atoms with E-state index in [9.17, 15) is 0 Å². The molecule has 100 valence electrons. The fourth-order valence-electron chi connectivity index (χ4n) is 2.16. The predicted molar refractivity (Wildman–Crippen MR) is 86.2 cm³/mol. The van der Waals surface area contributed by atoms with E-state index in [1.165, 1.54) is 15.4 Å². The summed E-state index contributed by atoms with van der Waals surface area (Å²) < 4.78 is 0. The van der Waals surface area contributed by atoms with Gasteiger partial charge in [-0.05, 0) is 50.2 Å². The highest BCUT2D eigenvalue weighted by molar-refractivity contribution is 7.99. The Bertz CT molecular complexity index is 764. The predicted octanol–water partition coefficient (Wildman–Crippen LogP) is 4.59. The van der Waals surface area contributed by atoms with Crippen molar-refractivity contribution in [3.05, 3.63) is 59.8 Å². The third-order valence-corrected chi connectivity index (χ3v) is 4.24. The van der Waals surface area contributed by atoms with Gasteiger partial charge in [0.2, 0.25) is 0 Å². The number of pyridine rings is 1. The fraction of sp³-hybridized carbons (Fsp3) is 0.118. The minimum Gasteiger partial charge on any atom is -0.399 e. The summed E-state index contributed by atoms with van der Waals surface area (Å²) in [6.07, 6.45) is 0. The molecule has 0 saturated carbocycles. The molecule has 3 heteroatoms. The molecular weight excluding hydrogens is 264 g/mol. The highest BCUT2D eigenvalue weighted by Gasteiger charge is 2.06. The Labute approximate surface area is 123 Å². The Kier molecular flexibility index (Phi) is 3.36. The molecule has 0 atom stereocenters. The molecule has 3 rings (SSSR count). The zero-order valence-electron chi connectivity index (χ0n) is 11.6. The molecule has 1 aromatic heterocycles. The first-order chi connectivity index (χ1) is 9.61. The van der Waals surface area contributed by atoms with Crippen LogP contribution in [0.5, 0.6) is 0 Å². The van der Waals surface area contributed by atoms with Crippen molar-refractivity contribution in [3.63, 3.8) is 0 Å². The van der Waals surface area contributed by atoms with Crippen molar-refractivity contribution in [3.8, 4) is 0 Å². The second-order valence-electron chi connectivity index (χ2n) is 4.95. The standard InChI is InChI=1S/C17H16N2S/c1-11-3-6-14(7-4-11)20-17-9-12(2)19-16-8-5-13(18)10-15(16)17/h3-10H,18H2,1-2H3. The first-order valence-electron chi connectivity index (χ1n) is 6.53. The number of anilines is 1. The van der Waals surface area contributed by atoms with Crippen molar-refractivity contribution in [1.82, 2.24) is 4.98 Å². The van der Waals surface area contributed by atoms with Crippen LogP contribution in [0.25, 0.3) is 10.9 Å².